The number of nitrogens with zero attached hydrogens (tertiary/aromatic N) is 3. The highest BCUT2D eigenvalue weighted by Crippen LogP contribution is 2.30. The molecule has 0 fully saturated rings. The van der Waals surface area contributed by atoms with E-state index in [4.69, 9.17) is 14.6 Å². The Morgan fingerprint density at radius 3 is 2.52 bits per heavy atom. The maximum Gasteiger partial charge on any atom is 0.170 e. The van der Waals surface area contributed by atoms with Gasteiger partial charge in [-0.1, -0.05) is 18.7 Å². The van der Waals surface area contributed by atoms with Gasteiger partial charge in [0.1, 0.15) is 17.4 Å². The van der Waals surface area contributed by atoms with E-state index in [1.807, 2.05) is 36.4 Å². The highest BCUT2D eigenvalue weighted by Gasteiger charge is 2.28. The number of aliphatic imine (C=N–C) groups is 1. The van der Waals surface area contributed by atoms with Crippen molar-refractivity contribution in [1.82, 2.24) is 10.3 Å². The van der Waals surface area contributed by atoms with Gasteiger partial charge in [0.05, 0.1) is 25.3 Å². The number of hydrogen-bond acceptors (Lipinski definition) is 5. The number of nitrogens with one attached hydrogen (secondary N) is 1. The average Bonchev–Trinajstić information content (AvgIpc) is 2.62. The third-order valence-electron chi connectivity index (χ3n) is 4.11. The fourth-order valence-corrected chi connectivity index (χ4v) is 2.75. The molecular formula is C19H22N4O2. The second kappa shape index (κ2) is 6.57. The molecule has 1 aromatic heterocycles. The van der Waals surface area contributed by atoms with E-state index in [2.05, 4.69) is 30.7 Å². The lowest BCUT2D eigenvalue weighted by Crippen LogP contribution is -2.42. The number of hydroxylamine groups is 1. The van der Waals surface area contributed by atoms with E-state index in [0.29, 0.717) is 17.5 Å². The molecule has 0 atom stereocenters. The Balaban J connectivity index is 2.03. The molecule has 0 aliphatic carbocycles. The van der Waals surface area contributed by atoms with Crippen molar-refractivity contribution in [2.45, 2.75) is 19.4 Å². The minimum atomic E-state index is -0.447. The lowest BCUT2D eigenvalue weighted by atomic mass is 9.94. The predicted molar refractivity (Wildman–Crippen MR) is 98.6 cm³/mol. The molecule has 25 heavy (non-hydrogen) atoms. The second-order valence-electron chi connectivity index (χ2n) is 6.17. The second-order valence-corrected chi connectivity index (χ2v) is 6.17. The van der Waals surface area contributed by atoms with Gasteiger partial charge >= 0.3 is 0 Å². The summed E-state index contributed by atoms with van der Waals surface area (Å²) in [7, 11) is 3.23. The minimum Gasteiger partial charge on any atom is -0.497 e. The molecule has 0 unspecified atom stereocenters. The zero-order valence-corrected chi connectivity index (χ0v) is 14.9. The molecular weight excluding hydrogens is 316 g/mol. The van der Waals surface area contributed by atoms with Crippen molar-refractivity contribution in [3.05, 3.63) is 66.1 Å². The molecule has 2 aromatic rings. The van der Waals surface area contributed by atoms with Gasteiger partial charge in [-0.05, 0) is 43.7 Å². The normalized spacial score (nSPS) is 15.8. The molecule has 3 rings (SSSR count). The third kappa shape index (κ3) is 3.21. The monoisotopic (exact) mass is 338 g/mol. The molecule has 0 amide bonds. The van der Waals surface area contributed by atoms with Crippen LogP contribution in [0.15, 0.2) is 60.0 Å². The first-order valence-corrected chi connectivity index (χ1v) is 7.96. The summed E-state index contributed by atoms with van der Waals surface area (Å²) in [4.78, 5) is 14.7. The Morgan fingerprint density at radius 2 is 1.88 bits per heavy atom. The van der Waals surface area contributed by atoms with Gasteiger partial charge < -0.3 is 10.1 Å². The quantitative estimate of drug-likeness (QED) is 0.927. The fourth-order valence-electron chi connectivity index (χ4n) is 2.75. The molecule has 1 aliphatic rings. The molecule has 0 saturated heterocycles. The van der Waals surface area contributed by atoms with Crippen LogP contribution < -0.4 is 15.1 Å². The lowest BCUT2D eigenvalue weighted by molar-refractivity contribution is 0.182. The van der Waals surface area contributed by atoms with Crippen LogP contribution in [0.1, 0.15) is 25.0 Å². The van der Waals surface area contributed by atoms with Gasteiger partial charge in [-0.2, -0.15) is 5.06 Å². The smallest absolute Gasteiger partial charge is 0.170 e. The van der Waals surface area contributed by atoms with Crippen LogP contribution in [0.4, 0.5) is 5.82 Å². The molecule has 6 nitrogen and oxygen atoms in total. The number of rotatable bonds is 4. The van der Waals surface area contributed by atoms with Gasteiger partial charge in [-0.3, -0.25) is 9.83 Å². The van der Waals surface area contributed by atoms with E-state index in [9.17, 15) is 0 Å². The summed E-state index contributed by atoms with van der Waals surface area (Å²) in [5.74, 6) is 2.76. The fraction of sp³-hybridized carbons (Fsp3) is 0.263. The Bertz CT molecular complexity index is 812. The van der Waals surface area contributed by atoms with Crippen molar-refractivity contribution < 1.29 is 9.57 Å². The molecule has 1 N–H and O–H groups in total. The molecule has 2 heterocycles. The number of fused-ring (bicyclic) bond motifs is 1. The number of aromatic nitrogens is 1. The Hall–Kier alpha value is -2.86. The van der Waals surface area contributed by atoms with Gasteiger partial charge in [0.15, 0.2) is 5.82 Å². The predicted octanol–water partition coefficient (Wildman–Crippen LogP) is 3.21. The number of benzene rings is 1. The standard InChI is InChI=1S/C19H22N4O2/c1-13-21-17(16-7-6-12-20-18(16)23(13)25-5)22-19(2,3)14-8-10-15(24-4)11-9-14/h6-12H,1H2,2-5H3,(H,21,22). The topological polar surface area (TPSA) is 59.0 Å². The maximum absolute atomic E-state index is 5.36. The first kappa shape index (κ1) is 17.0. The number of amidine groups is 1. The van der Waals surface area contributed by atoms with E-state index < -0.39 is 5.54 Å². The number of pyridine rings is 1. The zero-order chi connectivity index (χ0) is 18.0. The Morgan fingerprint density at radius 1 is 1.16 bits per heavy atom. The molecule has 130 valence electrons. The first-order chi connectivity index (χ1) is 12.0. The SMILES string of the molecule is C=C1NC(=NC(C)(C)c2ccc(OC)cc2)c2cccnc2N1OC. The van der Waals surface area contributed by atoms with Crippen LogP contribution in [0.2, 0.25) is 0 Å². The Labute approximate surface area is 147 Å². The molecule has 0 bridgehead atoms. The van der Waals surface area contributed by atoms with Crippen LogP contribution in [0.25, 0.3) is 0 Å². The van der Waals surface area contributed by atoms with Gasteiger partial charge in [0.25, 0.3) is 0 Å². The maximum atomic E-state index is 5.36. The zero-order valence-electron chi connectivity index (χ0n) is 14.9. The molecule has 0 saturated carbocycles. The average molecular weight is 338 g/mol. The largest absolute Gasteiger partial charge is 0.497 e. The molecule has 0 radical (unpaired) electrons. The van der Waals surface area contributed by atoms with E-state index in [1.54, 1.807) is 25.5 Å². The summed E-state index contributed by atoms with van der Waals surface area (Å²) in [6.07, 6.45) is 1.72. The number of ether oxygens (including phenoxy) is 1. The molecule has 1 aromatic carbocycles. The molecule has 1 aliphatic heterocycles. The highest BCUT2D eigenvalue weighted by atomic mass is 16.7. The third-order valence-corrected chi connectivity index (χ3v) is 4.11. The van der Waals surface area contributed by atoms with Crippen LogP contribution in [0, 0.1) is 0 Å². The van der Waals surface area contributed by atoms with Crippen LogP contribution in [0.5, 0.6) is 5.75 Å². The number of anilines is 1. The molecule has 0 spiro atoms. The van der Waals surface area contributed by atoms with E-state index in [-0.39, 0.29) is 0 Å². The van der Waals surface area contributed by atoms with E-state index in [0.717, 1.165) is 16.9 Å². The van der Waals surface area contributed by atoms with Gasteiger partial charge in [-0.25, -0.2) is 4.98 Å². The van der Waals surface area contributed by atoms with Crippen molar-refractivity contribution in [2.24, 2.45) is 4.99 Å². The van der Waals surface area contributed by atoms with Gasteiger partial charge in [0, 0.05) is 6.20 Å². The summed E-state index contributed by atoms with van der Waals surface area (Å²) in [5, 5.41) is 4.76. The summed E-state index contributed by atoms with van der Waals surface area (Å²) < 4.78 is 5.23. The van der Waals surface area contributed by atoms with Crippen LogP contribution in [-0.2, 0) is 10.4 Å². The summed E-state index contributed by atoms with van der Waals surface area (Å²) in [6, 6.07) is 11.7. The minimum absolute atomic E-state index is 0.447. The van der Waals surface area contributed by atoms with E-state index in [1.165, 1.54) is 0 Å². The number of hydrogen-bond donors (Lipinski definition) is 1. The van der Waals surface area contributed by atoms with Gasteiger partial charge in [-0.15, -0.1) is 0 Å². The van der Waals surface area contributed by atoms with Crippen molar-refractivity contribution in [2.75, 3.05) is 19.3 Å². The van der Waals surface area contributed by atoms with Crippen molar-refractivity contribution in [3.63, 3.8) is 0 Å². The van der Waals surface area contributed by atoms with Crippen molar-refractivity contribution >= 4 is 11.7 Å². The molecule has 6 heteroatoms. The van der Waals surface area contributed by atoms with E-state index >= 15 is 0 Å². The van der Waals surface area contributed by atoms with Crippen molar-refractivity contribution in [1.29, 1.82) is 0 Å². The summed E-state index contributed by atoms with van der Waals surface area (Å²) in [6.45, 7) is 8.11. The summed E-state index contributed by atoms with van der Waals surface area (Å²) in [5.41, 5.74) is 1.49. The first-order valence-electron chi connectivity index (χ1n) is 7.96. The van der Waals surface area contributed by atoms with Gasteiger partial charge in [0.2, 0.25) is 0 Å². The van der Waals surface area contributed by atoms with Crippen LogP contribution in [-0.4, -0.2) is 25.0 Å². The number of methoxy groups -OCH3 is 1. The van der Waals surface area contributed by atoms with Crippen molar-refractivity contribution in [3.8, 4) is 5.75 Å². The highest BCUT2D eigenvalue weighted by molar-refractivity contribution is 6.06. The van der Waals surface area contributed by atoms with Crippen LogP contribution in [0.3, 0.4) is 0 Å². The lowest BCUT2D eigenvalue weighted by Gasteiger charge is -2.32. The van der Waals surface area contributed by atoms with Crippen LogP contribution >= 0.6 is 0 Å². The summed E-state index contributed by atoms with van der Waals surface area (Å²) >= 11 is 0. The Kier molecular flexibility index (Phi) is 4.46.